The van der Waals surface area contributed by atoms with E-state index in [1.54, 1.807) is 50.3 Å². The van der Waals surface area contributed by atoms with Gasteiger partial charge in [-0.05, 0) is 23.7 Å². The zero-order chi connectivity index (χ0) is 19.6. The smallest absolute Gasteiger partial charge is 0.406 e. The third kappa shape index (κ3) is 5.28. The van der Waals surface area contributed by atoms with Crippen molar-refractivity contribution in [2.45, 2.75) is 70.1 Å². The van der Waals surface area contributed by atoms with E-state index < -0.39 is 37.5 Å². The third-order valence-electron chi connectivity index (χ3n) is 4.93. The summed E-state index contributed by atoms with van der Waals surface area (Å²) in [4.78, 5) is 10.0. The molecule has 4 nitrogen and oxygen atoms in total. The molecule has 0 N–H and O–H groups in total. The van der Waals surface area contributed by atoms with Crippen LogP contribution in [-0.2, 0) is 4.43 Å². The molecular formula is C17H26F3NO3Si. The highest BCUT2D eigenvalue weighted by Crippen LogP contribution is 2.42. The molecule has 0 spiro atoms. The SMILES string of the molecule is CC(c1ccccc1)[C@H](O[Si](C)(C)C(C)(C)C)[C@H]([N+](=O)[O-])C(F)(F)F. The molecule has 8 heteroatoms. The molecule has 25 heavy (non-hydrogen) atoms. The minimum absolute atomic E-state index is 0.367. The van der Waals surface area contributed by atoms with Crippen molar-refractivity contribution in [1.82, 2.24) is 0 Å². The van der Waals surface area contributed by atoms with Crippen LogP contribution in [0.5, 0.6) is 0 Å². The molecule has 0 fully saturated rings. The van der Waals surface area contributed by atoms with Crippen LogP contribution < -0.4 is 0 Å². The predicted molar refractivity (Wildman–Crippen MR) is 93.8 cm³/mol. The highest BCUT2D eigenvalue weighted by molar-refractivity contribution is 6.74. The molecule has 0 aliphatic heterocycles. The maximum Gasteiger partial charge on any atom is 0.460 e. The number of nitrogens with zero attached hydrogens (tertiary/aromatic N) is 1. The molecule has 0 amide bonds. The number of benzene rings is 1. The molecular weight excluding hydrogens is 351 g/mol. The van der Waals surface area contributed by atoms with Gasteiger partial charge in [0.25, 0.3) is 0 Å². The average Bonchev–Trinajstić information content (AvgIpc) is 2.43. The van der Waals surface area contributed by atoms with Gasteiger partial charge in [-0.25, -0.2) is 0 Å². The Kier molecular flexibility index (Phi) is 6.45. The van der Waals surface area contributed by atoms with E-state index >= 15 is 0 Å². The second kappa shape index (κ2) is 7.45. The van der Waals surface area contributed by atoms with E-state index in [1.165, 1.54) is 0 Å². The van der Waals surface area contributed by atoms with Crippen LogP contribution in [0.1, 0.15) is 39.2 Å². The minimum atomic E-state index is -4.99. The van der Waals surface area contributed by atoms with E-state index in [4.69, 9.17) is 4.43 Å². The predicted octanol–water partition coefficient (Wildman–Crippen LogP) is 5.39. The first-order valence-corrected chi connectivity index (χ1v) is 11.0. The Morgan fingerprint density at radius 3 is 1.96 bits per heavy atom. The monoisotopic (exact) mass is 377 g/mol. The lowest BCUT2D eigenvalue weighted by Gasteiger charge is -2.41. The van der Waals surface area contributed by atoms with Gasteiger partial charge in [-0.2, -0.15) is 13.2 Å². The van der Waals surface area contributed by atoms with E-state index in [0.29, 0.717) is 5.56 Å². The van der Waals surface area contributed by atoms with Crippen LogP contribution in [-0.4, -0.2) is 31.6 Å². The Bertz CT molecular complexity index is 585. The van der Waals surface area contributed by atoms with E-state index in [-0.39, 0.29) is 5.04 Å². The van der Waals surface area contributed by atoms with Crippen molar-refractivity contribution >= 4 is 8.32 Å². The number of hydrogen-bond acceptors (Lipinski definition) is 3. The molecule has 1 unspecified atom stereocenters. The Morgan fingerprint density at radius 1 is 1.12 bits per heavy atom. The fourth-order valence-electron chi connectivity index (χ4n) is 2.33. The van der Waals surface area contributed by atoms with E-state index in [2.05, 4.69) is 0 Å². The number of hydrogen-bond donors (Lipinski definition) is 0. The molecule has 1 aromatic carbocycles. The van der Waals surface area contributed by atoms with Gasteiger partial charge in [-0.1, -0.05) is 58.0 Å². The van der Waals surface area contributed by atoms with Crippen LogP contribution in [0.2, 0.25) is 18.1 Å². The zero-order valence-electron chi connectivity index (χ0n) is 15.4. The molecule has 0 bridgehead atoms. The van der Waals surface area contributed by atoms with Crippen LogP contribution in [0.4, 0.5) is 13.2 Å². The molecule has 0 radical (unpaired) electrons. The van der Waals surface area contributed by atoms with Gasteiger partial charge < -0.3 is 4.43 Å². The minimum Gasteiger partial charge on any atom is -0.406 e. The largest absolute Gasteiger partial charge is 0.460 e. The van der Waals surface area contributed by atoms with Crippen LogP contribution >= 0.6 is 0 Å². The van der Waals surface area contributed by atoms with Gasteiger partial charge >= 0.3 is 12.2 Å². The Balaban J connectivity index is 3.38. The van der Waals surface area contributed by atoms with Gasteiger partial charge in [0.1, 0.15) is 6.10 Å². The third-order valence-corrected chi connectivity index (χ3v) is 9.40. The zero-order valence-corrected chi connectivity index (χ0v) is 16.4. The molecule has 1 aromatic rings. The lowest BCUT2D eigenvalue weighted by Crippen LogP contribution is -2.55. The number of halogens is 3. The molecule has 1 rings (SSSR count). The summed E-state index contributed by atoms with van der Waals surface area (Å²) in [5.74, 6) is -0.771. The van der Waals surface area contributed by atoms with Crippen molar-refractivity contribution in [2.75, 3.05) is 0 Å². The molecule has 0 saturated heterocycles. The first-order valence-electron chi connectivity index (χ1n) is 8.11. The van der Waals surface area contributed by atoms with Crippen LogP contribution in [0.3, 0.4) is 0 Å². The van der Waals surface area contributed by atoms with Gasteiger partial charge in [0.05, 0.1) is 0 Å². The van der Waals surface area contributed by atoms with E-state index in [9.17, 15) is 23.3 Å². The molecule has 0 heterocycles. The fraction of sp³-hybridized carbons (Fsp3) is 0.647. The summed E-state index contributed by atoms with van der Waals surface area (Å²) in [5.41, 5.74) is 0.585. The van der Waals surface area contributed by atoms with Crippen molar-refractivity contribution < 1.29 is 22.5 Å². The van der Waals surface area contributed by atoms with Crippen molar-refractivity contribution in [3.8, 4) is 0 Å². The van der Waals surface area contributed by atoms with Crippen molar-refractivity contribution in [3.63, 3.8) is 0 Å². The lowest BCUT2D eigenvalue weighted by molar-refractivity contribution is -0.574. The Labute approximate surface area is 147 Å². The van der Waals surface area contributed by atoms with Gasteiger partial charge in [-0.15, -0.1) is 0 Å². The highest BCUT2D eigenvalue weighted by atomic mass is 28.4. The number of rotatable bonds is 6. The maximum absolute atomic E-state index is 13.5. The van der Waals surface area contributed by atoms with Crippen LogP contribution in [0.15, 0.2) is 30.3 Å². The van der Waals surface area contributed by atoms with Crippen molar-refractivity contribution in [2.24, 2.45) is 0 Å². The normalized spacial score (nSPS) is 17.0. The lowest BCUT2D eigenvalue weighted by atomic mass is 9.91. The average molecular weight is 377 g/mol. The molecule has 0 saturated carbocycles. The number of alkyl halides is 3. The highest BCUT2D eigenvalue weighted by Gasteiger charge is 2.58. The van der Waals surface area contributed by atoms with Gasteiger partial charge in [0.15, 0.2) is 8.32 Å². The van der Waals surface area contributed by atoms with E-state index in [0.717, 1.165) is 0 Å². The molecule has 142 valence electrons. The first kappa shape index (κ1) is 21.6. The Morgan fingerprint density at radius 2 is 1.60 bits per heavy atom. The van der Waals surface area contributed by atoms with Crippen molar-refractivity contribution in [3.05, 3.63) is 46.0 Å². The Hall–Kier alpha value is -1.41. The molecule has 3 atom stereocenters. The van der Waals surface area contributed by atoms with Crippen molar-refractivity contribution in [1.29, 1.82) is 0 Å². The second-order valence-corrected chi connectivity index (χ2v) is 12.6. The molecule has 0 aliphatic rings. The topological polar surface area (TPSA) is 52.4 Å². The fourth-order valence-corrected chi connectivity index (χ4v) is 3.70. The second-order valence-electron chi connectivity index (χ2n) is 7.81. The van der Waals surface area contributed by atoms with E-state index in [1.807, 2.05) is 20.8 Å². The summed E-state index contributed by atoms with van der Waals surface area (Å²) < 4.78 is 46.3. The first-order chi connectivity index (χ1) is 11.2. The quantitative estimate of drug-likeness (QED) is 0.379. The summed E-state index contributed by atoms with van der Waals surface area (Å²) in [6, 6.07) is 5.71. The summed E-state index contributed by atoms with van der Waals surface area (Å²) in [6.07, 6.45) is -6.57. The summed E-state index contributed by atoms with van der Waals surface area (Å²) in [5, 5.41) is 10.9. The summed E-state index contributed by atoms with van der Waals surface area (Å²) >= 11 is 0. The number of nitro groups is 1. The molecule has 0 aliphatic carbocycles. The maximum atomic E-state index is 13.5. The van der Waals surface area contributed by atoms with Crippen LogP contribution in [0.25, 0.3) is 0 Å². The summed E-state index contributed by atoms with van der Waals surface area (Å²) in [6.45, 7) is 10.8. The summed E-state index contributed by atoms with van der Waals surface area (Å²) in [7, 11) is -2.66. The van der Waals surface area contributed by atoms with Gasteiger partial charge in [0.2, 0.25) is 0 Å². The standard InChI is InChI=1S/C17H26F3NO3Si/c1-12(13-10-8-7-9-11-13)14(15(21(22)23)17(18,19)20)24-25(5,6)16(2,3)4/h7-12,14-15H,1-6H3/t12?,14-,15-/m0/s1. The van der Waals surface area contributed by atoms with Gasteiger partial charge in [-0.3, -0.25) is 10.1 Å². The molecule has 0 aromatic heterocycles. The van der Waals surface area contributed by atoms with Gasteiger partial charge in [0, 0.05) is 10.8 Å². The van der Waals surface area contributed by atoms with Crippen LogP contribution in [0, 0.1) is 10.1 Å².